The van der Waals surface area contributed by atoms with Crippen molar-refractivity contribution in [3.63, 3.8) is 0 Å². The molecule has 3 amide bonds. The first-order chi connectivity index (χ1) is 16.8. The van der Waals surface area contributed by atoms with E-state index in [9.17, 15) is 29.4 Å². The smallest absolute Gasteiger partial charge is 0.326 e. The van der Waals surface area contributed by atoms with Crippen LogP contribution in [0.5, 0.6) is 0 Å². The molecule has 15 heteroatoms. The summed E-state index contributed by atoms with van der Waals surface area (Å²) in [4.78, 5) is 60.5. The number of imidazole rings is 1. The molecule has 0 fully saturated rings. The lowest BCUT2D eigenvalue weighted by atomic mass is 10.0. The molecular formula is C21H37N9O6. The Morgan fingerprint density at radius 2 is 1.69 bits per heavy atom. The third kappa shape index (κ3) is 10.3. The number of carbonyl (C=O) groups is 4. The number of nitrogens with one attached hydrogen (secondary N) is 4. The Balaban J connectivity index is 2.96. The molecule has 0 aliphatic carbocycles. The van der Waals surface area contributed by atoms with E-state index in [1.807, 2.05) is 0 Å². The summed E-state index contributed by atoms with van der Waals surface area (Å²) >= 11 is 0. The van der Waals surface area contributed by atoms with Gasteiger partial charge in [-0.2, -0.15) is 0 Å². The van der Waals surface area contributed by atoms with Crippen molar-refractivity contribution in [2.45, 2.75) is 70.3 Å². The average Bonchev–Trinajstić information content (AvgIpc) is 3.30. The fraction of sp³-hybridized carbons (Fsp3) is 0.619. The molecule has 0 saturated heterocycles. The normalized spacial score (nSPS) is 15.2. The van der Waals surface area contributed by atoms with Crippen LogP contribution >= 0.6 is 0 Å². The molecule has 1 aromatic heterocycles. The number of aliphatic imine (C=N–C) groups is 1. The number of carboxylic acid groups (broad SMARTS) is 1. The SMILES string of the molecule is CC(C)C(NC(=O)C(Cc1cnc[nH]1)NC(=O)C(N)C(C)O)C(=O)NC(CCCN=C(N)N)C(=O)O. The minimum atomic E-state index is -1.28. The van der Waals surface area contributed by atoms with E-state index >= 15 is 0 Å². The summed E-state index contributed by atoms with van der Waals surface area (Å²) < 4.78 is 0. The van der Waals surface area contributed by atoms with Gasteiger partial charge >= 0.3 is 5.97 Å². The highest BCUT2D eigenvalue weighted by molar-refractivity contribution is 5.94. The van der Waals surface area contributed by atoms with Crippen molar-refractivity contribution < 1.29 is 29.4 Å². The van der Waals surface area contributed by atoms with Crippen molar-refractivity contribution in [3.05, 3.63) is 18.2 Å². The molecule has 0 aromatic carbocycles. The number of hydrogen-bond donors (Lipinski definition) is 9. The largest absolute Gasteiger partial charge is 0.480 e. The lowest BCUT2D eigenvalue weighted by Gasteiger charge is -2.27. The second-order valence-corrected chi connectivity index (χ2v) is 8.69. The van der Waals surface area contributed by atoms with Crippen molar-refractivity contribution >= 4 is 29.7 Å². The Morgan fingerprint density at radius 3 is 2.19 bits per heavy atom. The molecule has 1 aromatic rings. The number of H-pyrrole nitrogens is 1. The fourth-order valence-corrected chi connectivity index (χ4v) is 3.12. The van der Waals surface area contributed by atoms with E-state index in [1.54, 1.807) is 13.8 Å². The van der Waals surface area contributed by atoms with Crippen LogP contribution in [0, 0.1) is 5.92 Å². The number of nitrogens with zero attached hydrogens (tertiary/aromatic N) is 2. The number of aliphatic hydroxyl groups excluding tert-OH is 1. The summed E-state index contributed by atoms with van der Waals surface area (Å²) in [5.74, 6) is -3.97. The number of hydrogen-bond acceptors (Lipinski definition) is 8. The van der Waals surface area contributed by atoms with Gasteiger partial charge in [-0.3, -0.25) is 19.4 Å². The van der Waals surface area contributed by atoms with Crippen LogP contribution in [-0.2, 0) is 25.6 Å². The zero-order valence-corrected chi connectivity index (χ0v) is 20.6. The summed E-state index contributed by atoms with van der Waals surface area (Å²) in [6, 6.07) is -4.77. The Bertz CT molecular complexity index is 900. The molecule has 0 saturated carbocycles. The van der Waals surface area contributed by atoms with Crippen molar-refractivity contribution in [2.24, 2.45) is 28.1 Å². The second-order valence-electron chi connectivity index (χ2n) is 8.69. The van der Waals surface area contributed by atoms with E-state index in [0.717, 1.165) is 0 Å². The van der Waals surface area contributed by atoms with Crippen LogP contribution in [0.2, 0.25) is 0 Å². The minimum absolute atomic E-state index is 0.000913. The molecule has 5 unspecified atom stereocenters. The third-order valence-electron chi connectivity index (χ3n) is 5.24. The molecule has 0 radical (unpaired) electrons. The first-order valence-electron chi connectivity index (χ1n) is 11.4. The van der Waals surface area contributed by atoms with Crippen LogP contribution in [0.4, 0.5) is 0 Å². The highest BCUT2D eigenvalue weighted by atomic mass is 16.4. The van der Waals surface area contributed by atoms with E-state index < -0.39 is 59.9 Å². The van der Waals surface area contributed by atoms with Crippen molar-refractivity contribution in [3.8, 4) is 0 Å². The number of rotatable bonds is 15. The molecule has 5 atom stereocenters. The quantitative estimate of drug-likeness (QED) is 0.0650. The van der Waals surface area contributed by atoms with E-state index in [4.69, 9.17) is 17.2 Å². The number of aliphatic hydroxyl groups is 1. The second kappa shape index (κ2) is 14.6. The van der Waals surface area contributed by atoms with Crippen LogP contribution in [-0.4, -0.2) is 86.6 Å². The van der Waals surface area contributed by atoms with E-state index in [0.29, 0.717) is 12.1 Å². The molecule has 1 rings (SSSR count). The predicted octanol–water partition coefficient (Wildman–Crippen LogP) is -3.09. The average molecular weight is 512 g/mol. The van der Waals surface area contributed by atoms with Crippen LogP contribution in [0.3, 0.4) is 0 Å². The van der Waals surface area contributed by atoms with Gasteiger partial charge in [-0.15, -0.1) is 0 Å². The Morgan fingerprint density at radius 1 is 1.06 bits per heavy atom. The van der Waals surface area contributed by atoms with Crippen LogP contribution < -0.4 is 33.2 Å². The van der Waals surface area contributed by atoms with E-state index in [1.165, 1.54) is 19.4 Å². The maximum absolute atomic E-state index is 13.1. The summed E-state index contributed by atoms with van der Waals surface area (Å²) in [5.41, 5.74) is 16.7. The Labute approximate surface area is 208 Å². The highest BCUT2D eigenvalue weighted by Crippen LogP contribution is 2.07. The van der Waals surface area contributed by atoms with Gasteiger partial charge in [0.05, 0.1) is 12.4 Å². The van der Waals surface area contributed by atoms with Crippen LogP contribution in [0.15, 0.2) is 17.5 Å². The maximum atomic E-state index is 13.1. The zero-order valence-electron chi connectivity index (χ0n) is 20.6. The van der Waals surface area contributed by atoms with Gasteiger partial charge in [0.1, 0.15) is 24.2 Å². The van der Waals surface area contributed by atoms with E-state index in [-0.39, 0.29) is 25.3 Å². The molecule has 15 nitrogen and oxygen atoms in total. The first kappa shape index (κ1) is 30.3. The summed E-state index contributed by atoms with van der Waals surface area (Å²) in [6.07, 6.45) is 2.07. The van der Waals surface area contributed by atoms with Gasteiger partial charge in [-0.05, 0) is 25.7 Å². The maximum Gasteiger partial charge on any atom is 0.326 e. The summed E-state index contributed by atoms with van der Waals surface area (Å²) in [5, 5.41) is 26.6. The van der Waals surface area contributed by atoms with Gasteiger partial charge in [-0.1, -0.05) is 13.8 Å². The lowest BCUT2D eigenvalue weighted by Crippen LogP contribution is -2.59. The zero-order chi connectivity index (χ0) is 27.4. The molecule has 202 valence electrons. The lowest BCUT2D eigenvalue weighted by molar-refractivity contribution is -0.142. The number of carbonyl (C=O) groups excluding carboxylic acids is 3. The highest BCUT2D eigenvalue weighted by Gasteiger charge is 2.32. The van der Waals surface area contributed by atoms with Crippen molar-refractivity contribution in [1.82, 2.24) is 25.9 Å². The van der Waals surface area contributed by atoms with Gasteiger partial charge in [0, 0.05) is 24.9 Å². The first-order valence-corrected chi connectivity index (χ1v) is 11.4. The topological polar surface area (TPSA) is 264 Å². The third-order valence-corrected chi connectivity index (χ3v) is 5.24. The molecule has 0 aliphatic rings. The van der Waals surface area contributed by atoms with Crippen LogP contribution in [0.1, 0.15) is 39.3 Å². The Kier molecular flexibility index (Phi) is 12.3. The molecule has 0 bridgehead atoms. The number of nitrogens with two attached hydrogens (primary N) is 3. The van der Waals surface area contributed by atoms with Gasteiger partial charge < -0.3 is 48.3 Å². The Hall–Kier alpha value is -3.72. The van der Waals surface area contributed by atoms with Gasteiger partial charge in [0.15, 0.2) is 5.96 Å². The summed E-state index contributed by atoms with van der Waals surface area (Å²) in [6.45, 7) is 4.87. The monoisotopic (exact) mass is 511 g/mol. The molecule has 1 heterocycles. The minimum Gasteiger partial charge on any atom is -0.480 e. The number of guanidine groups is 1. The number of aromatic amines is 1. The molecule has 0 aliphatic heterocycles. The van der Waals surface area contributed by atoms with E-state index in [2.05, 4.69) is 30.9 Å². The van der Waals surface area contributed by atoms with Crippen molar-refractivity contribution in [1.29, 1.82) is 0 Å². The van der Waals surface area contributed by atoms with Crippen LogP contribution in [0.25, 0.3) is 0 Å². The number of amides is 3. The van der Waals surface area contributed by atoms with Gasteiger partial charge in [0.2, 0.25) is 17.7 Å². The standard InChI is InChI=1S/C21H37N9O6/c1-10(2)16(19(34)28-13(20(35)36)5-4-6-26-21(23)24)30-17(32)14(7-12-8-25-9-27-12)29-18(33)15(22)11(3)31/h8-11,13-16,31H,4-7,22H2,1-3H3,(H,25,27)(H,28,34)(H,29,33)(H,30,32)(H,35,36)(H4,23,24,26). The number of aromatic nitrogens is 2. The van der Waals surface area contributed by atoms with Gasteiger partial charge in [-0.25, -0.2) is 9.78 Å². The van der Waals surface area contributed by atoms with Crippen molar-refractivity contribution in [2.75, 3.05) is 6.54 Å². The molecular weight excluding hydrogens is 474 g/mol. The summed E-state index contributed by atoms with van der Waals surface area (Å²) in [7, 11) is 0. The number of aliphatic carboxylic acids is 1. The molecule has 12 N–H and O–H groups in total. The molecule has 0 spiro atoms. The molecule has 36 heavy (non-hydrogen) atoms. The number of carboxylic acids is 1. The van der Waals surface area contributed by atoms with Gasteiger partial charge in [0.25, 0.3) is 0 Å². The fourth-order valence-electron chi connectivity index (χ4n) is 3.12. The predicted molar refractivity (Wildman–Crippen MR) is 130 cm³/mol.